The van der Waals surface area contributed by atoms with Crippen LogP contribution in [-0.2, 0) is 4.79 Å². The molecule has 0 unspecified atom stereocenters. The first-order valence-corrected chi connectivity index (χ1v) is 6.47. The third-order valence-electron chi connectivity index (χ3n) is 2.87. The molecule has 0 aliphatic rings. The fourth-order valence-corrected chi connectivity index (χ4v) is 1.76. The van der Waals surface area contributed by atoms with Crippen molar-refractivity contribution in [3.63, 3.8) is 0 Å². The molecule has 0 radical (unpaired) electrons. The number of hydrogen-bond acceptors (Lipinski definition) is 3. The van der Waals surface area contributed by atoms with E-state index in [-0.39, 0.29) is 5.69 Å². The zero-order chi connectivity index (χ0) is 15.2. The van der Waals surface area contributed by atoms with E-state index in [9.17, 15) is 9.18 Å². The van der Waals surface area contributed by atoms with Crippen molar-refractivity contribution in [2.45, 2.75) is 13.0 Å². The molecule has 21 heavy (non-hydrogen) atoms. The van der Waals surface area contributed by atoms with Crippen molar-refractivity contribution < 1.29 is 18.7 Å². The molecular formula is C16H16FNO3. The molecule has 1 amide bonds. The van der Waals surface area contributed by atoms with Gasteiger partial charge >= 0.3 is 0 Å². The quantitative estimate of drug-likeness (QED) is 0.919. The molecule has 0 heterocycles. The van der Waals surface area contributed by atoms with E-state index in [1.165, 1.54) is 19.2 Å². The normalized spacial score (nSPS) is 11.6. The number of anilines is 1. The van der Waals surface area contributed by atoms with Crippen LogP contribution in [0.1, 0.15) is 6.92 Å². The second-order valence-electron chi connectivity index (χ2n) is 4.38. The fourth-order valence-electron chi connectivity index (χ4n) is 1.76. The zero-order valence-electron chi connectivity index (χ0n) is 11.8. The molecule has 2 aromatic carbocycles. The van der Waals surface area contributed by atoms with Crippen LogP contribution in [0.4, 0.5) is 10.1 Å². The van der Waals surface area contributed by atoms with Gasteiger partial charge in [0.2, 0.25) is 0 Å². The molecule has 2 aromatic rings. The largest absolute Gasteiger partial charge is 0.493 e. The molecule has 0 bridgehead atoms. The summed E-state index contributed by atoms with van der Waals surface area (Å²) in [6.45, 7) is 1.59. The van der Waals surface area contributed by atoms with Gasteiger partial charge in [0.1, 0.15) is 5.82 Å². The predicted octanol–water partition coefficient (Wildman–Crippen LogP) is 3.24. The lowest BCUT2D eigenvalue weighted by Crippen LogP contribution is -2.30. The van der Waals surface area contributed by atoms with E-state index in [4.69, 9.17) is 9.47 Å². The van der Waals surface area contributed by atoms with Crippen molar-refractivity contribution in [2.75, 3.05) is 12.4 Å². The van der Waals surface area contributed by atoms with E-state index < -0.39 is 17.8 Å². The number of carbonyl (C=O) groups excluding carboxylic acids is 1. The SMILES string of the molecule is COc1ccccc1O[C@@H](C)C(=O)Nc1ccccc1F. The van der Waals surface area contributed by atoms with E-state index >= 15 is 0 Å². The number of halogens is 1. The van der Waals surface area contributed by atoms with Gasteiger partial charge in [0, 0.05) is 0 Å². The topological polar surface area (TPSA) is 47.6 Å². The Morgan fingerprint density at radius 3 is 2.38 bits per heavy atom. The van der Waals surface area contributed by atoms with Crippen molar-refractivity contribution in [1.82, 2.24) is 0 Å². The summed E-state index contributed by atoms with van der Waals surface area (Å²) >= 11 is 0. The van der Waals surface area contributed by atoms with Gasteiger partial charge < -0.3 is 14.8 Å². The fraction of sp³-hybridized carbons (Fsp3) is 0.188. The van der Waals surface area contributed by atoms with Crippen LogP contribution in [0.25, 0.3) is 0 Å². The second kappa shape index (κ2) is 6.74. The molecule has 5 heteroatoms. The van der Waals surface area contributed by atoms with Gasteiger partial charge in [0.15, 0.2) is 17.6 Å². The van der Waals surface area contributed by atoms with Gasteiger partial charge in [0.05, 0.1) is 12.8 Å². The molecule has 1 atom stereocenters. The van der Waals surface area contributed by atoms with Gasteiger partial charge in [-0.3, -0.25) is 4.79 Å². The Bertz CT molecular complexity index is 630. The number of benzene rings is 2. The first-order chi connectivity index (χ1) is 10.1. The van der Waals surface area contributed by atoms with Crippen LogP contribution in [0.3, 0.4) is 0 Å². The molecular weight excluding hydrogens is 273 g/mol. The lowest BCUT2D eigenvalue weighted by molar-refractivity contribution is -0.122. The van der Waals surface area contributed by atoms with E-state index in [0.29, 0.717) is 11.5 Å². The maximum absolute atomic E-state index is 13.5. The van der Waals surface area contributed by atoms with E-state index in [2.05, 4.69) is 5.32 Å². The molecule has 1 N–H and O–H groups in total. The van der Waals surface area contributed by atoms with Crippen molar-refractivity contribution in [3.05, 3.63) is 54.3 Å². The molecule has 0 saturated carbocycles. The second-order valence-corrected chi connectivity index (χ2v) is 4.38. The highest BCUT2D eigenvalue weighted by atomic mass is 19.1. The van der Waals surface area contributed by atoms with Crippen molar-refractivity contribution >= 4 is 11.6 Å². The minimum Gasteiger partial charge on any atom is -0.493 e. The van der Waals surface area contributed by atoms with Crippen molar-refractivity contribution in [2.24, 2.45) is 0 Å². The highest BCUT2D eigenvalue weighted by Gasteiger charge is 2.17. The van der Waals surface area contributed by atoms with Crippen LogP contribution in [0.2, 0.25) is 0 Å². The van der Waals surface area contributed by atoms with E-state index in [0.717, 1.165) is 0 Å². The number of nitrogens with one attached hydrogen (secondary N) is 1. The Balaban J connectivity index is 2.05. The molecule has 0 fully saturated rings. The van der Waals surface area contributed by atoms with Crippen molar-refractivity contribution in [3.8, 4) is 11.5 Å². The summed E-state index contributed by atoms with van der Waals surface area (Å²) in [7, 11) is 1.52. The monoisotopic (exact) mass is 289 g/mol. The average Bonchev–Trinajstić information content (AvgIpc) is 2.50. The van der Waals surface area contributed by atoms with Crippen LogP contribution in [0.15, 0.2) is 48.5 Å². The summed E-state index contributed by atoms with van der Waals surface area (Å²) in [6, 6.07) is 13.0. The summed E-state index contributed by atoms with van der Waals surface area (Å²) in [5, 5.41) is 2.49. The first-order valence-electron chi connectivity index (χ1n) is 6.47. The van der Waals surface area contributed by atoms with Crippen LogP contribution < -0.4 is 14.8 Å². The standard InChI is InChI=1S/C16H16FNO3/c1-11(21-15-10-6-5-9-14(15)20-2)16(19)18-13-8-4-3-7-12(13)17/h3-11H,1-2H3,(H,18,19)/t11-/m0/s1. The van der Waals surface area contributed by atoms with Crippen molar-refractivity contribution in [1.29, 1.82) is 0 Å². The molecule has 0 saturated heterocycles. The molecule has 0 spiro atoms. The van der Waals surface area contributed by atoms with Gasteiger partial charge in [-0.25, -0.2) is 4.39 Å². The average molecular weight is 289 g/mol. The smallest absolute Gasteiger partial charge is 0.265 e. The van der Waals surface area contributed by atoms with Gasteiger partial charge in [-0.15, -0.1) is 0 Å². The minimum absolute atomic E-state index is 0.123. The molecule has 0 aromatic heterocycles. The molecule has 110 valence electrons. The third kappa shape index (κ3) is 3.72. The molecule has 4 nitrogen and oxygen atoms in total. The van der Waals surface area contributed by atoms with E-state index in [1.807, 2.05) is 0 Å². The Morgan fingerprint density at radius 2 is 1.71 bits per heavy atom. The molecule has 0 aliphatic carbocycles. The van der Waals surface area contributed by atoms with Gasteiger partial charge in [-0.2, -0.15) is 0 Å². The Kier molecular flexibility index (Phi) is 4.77. The lowest BCUT2D eigenvalue weighted by atomic mass is 10.2. The maximum Gasteiger partial charge on any atom is 0.265 e. The van der Waals surface area contributed by atoms with Crippen LogP contribution in [-0.4, -0.2) is 19.1 Å². The Morgan fingerprint density at radius 1 is 1.10 bits per heavy atom. The number of rotatable bonds is 5. The number of methoxy groups -OCH3 is 1. The lowest BCUT2D eigenvalue weighted by Gasteiger charge is -2.16. The minimum atomic E-state index is -0.791. The van der Waals surface area contributed by atoms with Crippen LogP contribution in [0.5, 0.6) is 11.5 Å². The Hall–Kier alpha value is -2.56. The number of para-hydroxylation sites is 3. The molecule has 2 rings (SSSR count). The number of carbonyl (C=O) groups is 1. The highest BCUT2D eigenvalue weighted by Crippen LogP contribution is 2.27. The highest BCUT2D eigenvalue weighted by molar-refractivity contribution is 5.94. The number of amides is 1. The number of ether oxygens (including phenoxy) is 2. The summed E-state index contributed by atoms with van der Waals surface area (Å²) in [4.78, 5) is 12.0. The third-order valence-corrected chi connectivity index (χ3v) is 2.87. The maximum atomic E-state index is 13.5. The first kappa shape index (κ1) is 14.8. The summed E-state index contributed by atoms with van der Waals surface area (Å²) in [5.41, 5.74) is 0.123. The summed E-state index contributed by atoms with van der Waals surface area (Å²) in [6.07, 6.45) is -0.791. The van der Waals surface area contributed by atoms with Gasteiger partial charge in [-0.1, -0.05) is 24.3 Å². The summed E-state index contributed by atoms with van der Waals surface area (Å²) < 4.78 is 24.2. The summed E-state index contributed by atoms with van der Waals surface area (Å²) in [5.74, 6) is 0.0561. The predicted molar refractivity (Wildman–Crippen MR) is 78.1 cm³/mol. The van der Waals surface area contributed by atoms with Gasteiger partial charge in [-0.05, 0) is 31.2 Å². The van der Waals surface area contributed by atoms with Crippen LogP contribution in [0, 0.1) is 5.82 Å². The van der Waals surface area contributed by atoms with Crippen LogP contribution >= 0.6 is 0 Å². The van der Waals surface area contributed by atoms with E-state index in [1.54, 1.807) is 43.3 Å². The number of hydrogen-bond donors (Lipinski definition) is 1. The van der Waals surface area contributed by atoms with Gasteiger partial charge in [0.25, 0.3) is 5.91 Å². The Labute approximate surface area is 122 Å². The molecule has 0 aliphatic heterocycles. The zero-order valence-corrected chi connectivity index (χ0v) is 11.8.